The minimum Gasteiger partial charge on any atom is -0.497 e. The first-order chi connectivity index (χ1) is 9.00. The van der Waals surface area contributed by atoms with Crippen LogP contribution in [0.3, 0.4) is 0 Å². The molecule has 0 N–H and O–H groups in total. The molecule has 1 aliphatic heterocycles. The van der Waals surface area contributed by atoms with Gasteiger partial charge in [0, 0.05) is 12.2 Å². The molecule has 1 aromatic carbocycles. The van der Waals surface area contributed by atoms with E-state index >= 15 is 0 Å². The number of sulfone groups is 1. The van der Waals surface area contributed by atoms with Crippen LogP contribution in [-0.4, -0.2) is 34.0 Å². The maximum absolute atomic E-state index is 13.6. The molecule has 1 fully saturated rings. The van der Waals surface area contributed by atoms with Gasteiger partial charge in [-0.15, -0.1) is 0 Å². The topological polar surface area (TPSA) is 52.6 Å². The molecule has 19 heavy (non-hydrogen) atoms. The van der Waals surface area contributed by atoms with Gasteiger partial charge >= 0.3 is 0 Å². The van der Waals surface area contributed by atoms with E-state index in [1.165, 1.54) is 25.3 Å². The van der Waals surface area contributed by atoms with Crippen molar-refractivity contribution >= 4 is 9.84 Å². The van der Waals surface area contributed by atoms with E-state index in [0.29, 0.717) is 12.4 Å². The Balaban J connectivity index is 2.10. The lowest BCUT2D eigenvalue weighted by molar-refractivity contribution is 0.127. The molecule has 1 atom stereocenters. The maximum Gasteiger partial charge on any atom is 0.157 e. The second-order valence-electron chi connectivity index (χ2n) is 4.65. The van der Waals surface area contributed by atoms with Gasteiger partial charge in [-0.2, -0.15) is 0 Å². The van der Waals surface area contributed by atoms with Crippen LogP contribution in [0.4, 0.5) is 4.39 Å². The summed E-state index contributed by atoms with van der Waals surface area (Å²) in [5.74, 6) is -0.458. The Hall–Kier alpha value is -1.14. The number of methoxy groups -OCH3 is 1. The summed E-state index contributed by atoms with van der Waals surface area (Å²) in [6.07, 6.45) is 1.38. The zero-order chi connectivity index (χ0) is 13.9. The number of ether oxygens (including phenoxy) is 2. The summed E-state index contributed by atoms with van der Waals surface area (Å²) in [6, 6.07) is 4.10. The SMILES string of the molecule is COc1ccc(F)c(CS(=O)(=O)CC2CCCO2)c1. The van der Waals surface area contributed by atoms with Crippen molar-refractivity contribution in [2.45, 2.75) is 24.7 Å². The van der Waals surface area contributed by atoms with Crippen LogP contribution >= 0.6 is 0 Å². The van der Waals surface area contributed by atoms with E-state index in [1.54, 1.807) is 0 Å². The van der Waals surface area contributed by atoms with Crippen LogP contribution in [0.5, 0.6) is 5.75 Å². The molecule has 4 nitrogen and oxygen atoms in total. The maximum atomic E-state index is 13.6. The van der Waals surface area contributed by atoms with E-state index < -0.39 is 15.7 Å². The second-order valence-corrected chi connectivity index (χ2v) is 6.76. The van der Waals surface area contributed by atoms with Crippen LogP contribution in [0.2, 0.25) is 0 Å². The van der Waals surface area contributed by atoms with Gasteiger partial charge in [0.2, 0.25) is 0 Å². The fourth-order valence-corrected chi connectivity index (χ4v) is 3.79. The van der Waals surface area contributed by atoms with Gasteiger partial charge in [0.15, 0.2) is 9.84 Å². The van der Waals surface area contributed by atoms with Crippen LogP contribution in [0.1, 0.15) is 18.4 Å². The molecule has 0 saturated carbocycles. The van der Waals surface area contributed by atoms with Gasteiger partial charge in [-0.05, 0) is 31.0 Å². The molecule has 0 aliphatic carbocycles. The smallest absolute Gasteiger partial charge is 0.157 e. The van der Waals surface area contributed by atoms with Gasteiger partial charge in [-0.25, -0.2) is 12.8 Å². The third-order valence-electron chi connectivity index (χ3n) is 3.09. The Morgan fingerprint density at radius 1 is 1.47 bits per heavy atom. The van der Waals surface area contributed by atoms with Crippen LogP contribution in [-0.2, 0) is 20.3 Å². The average Bonchev–Trinajstić information content (AvgIpc) is 2.83. The summed E-state index contributed by atoms with van der Waals surface area (Å²) >= 11 is 0. The van der Waals surface area contributed by atoms with Gasteiger partial charge in [-0.3, -0.25) is 0 Å². The Morgan fingerprint density at radius 2 is 2.26 bits per heavy atom. The lowest BCUT2D eigenvalue weighted by Crippen LogP contribution is -2.21. The van der Waals surface area contributed by atoms with Crippen molar-refractivity contribution in [3.05, 3.63) is 29.6 Å². The molecule has 1 heterocycles. The van der Waals surface area contributed by atoms with E-state index in [4.69, 9.17) is 9.47 Å². The first-order valence-corrected chi connectivity index (χ1v) is 7.97. The van der Waals surface area contributed by atoms with Crippen LogP contribution in [0.15, 0.2) is 18.2 Å². The predicted molar refractivity (Wildman–Crippen MR) is 69.4 cm³/mol. The van der Waals surface area contributed by atoms with Gasteiger partial charge in [0.1, 0.15) is 11.6 Å². The Kier molecular flexibility index (Phi) is 4.42. The zero-order valence-electron chi connectivity index (χ0n) is 10.8. The third-order valence-corrected chi connectivity index (χ3v) is 4.72. The van der Waals surface area contributed by atoms with Crippen LogP contribution < -0.4 is 4.74 Å². The van der Waals surface area contributed by atoms with E-state index in [2.05, 4.69) is 0 Å². The molecule has 0 spiro atoms. The van der Waals surface area contributed by atoms with Gasteiger partial charge in [-0.1, -0.05) is 0 Å². The van der Waals surface area contributed by atoms with Crippen molar-refractivity contribution in [3.8, 4) is 5.75 Å². The highest BCUT2D eigenvalue weighted by atomic mass is 32.2. The normalized spacial score (nSPS) is 19.6. The lowest BCUT2D eigenvalue weighted by Gasteiger charge is -2.11. The summed E-state index contributed by atoms with van der Waals surface area (Å²) < 4.78 is 47.9. The molecular weight excluding hydrogens is 271 g/mol. The Labute approximate surface area is 112 Å². The van der Waals surface area contributed by atoms with Crippen LogP contribution in [0.25, 0.3) is 0 Å². The minimum atomic E-state index is -3.39. The molecule has 1 aromatic rings. The second kappa shape index (κ2) is 5.88. The quantitative estimate of drug-likeness (QED) is 0.830. The third kappa shape index (κ3) is 3.91. The number of benzene rings is 1. The molecule has 1 saturated heterocycles. The first kappa shape index (κ1) is 14.3. The fourth-order valence-electron chi connectivity index (χ4n) is 2.14. The highest BCUT2D eigenvalue weighted by Crippen LogP contribution is 2.21. The lowest BCUT2D eigenvalue weighted by atomic mass is 10.2. The average molecular weight is 288 g/mol. The molecule has 106 valence electrons. The van der Waals surface area contributed by atoms with Crippen molar-refractivity contribution < 1.29 is 22.3 Å². The molecular formula is C13H17FO4S. The standard InChI is InChI=1S/C13H17FO4S/c1-17-11-4-5-13(14)10(7-11)8-19(15,16)9-12-3-2-6-18-12/h4-5,7,12H,2-3,6,8-9H2,1H3. The molecule has 2 rings (SSSR count). The summed E-state index contributed by atoms with van der Waals surface area (Å²) in [4.78, 5) is 0. The van der Waals surface area contributed by atoms with E-state index in [-0.39, 0.29) is 23.2 Å². The van der Waals surface area contributed by atoms with E-state index in [9.17, 15) is 12.8 Å². The van der Waals surface area contributed by atoms with Gasteiger partial charge < -0.3 is 9.47 Å². The molecule has 1 unspecified atom stereocenters. The van der Waals surface area contributed by atoms with Gasteiger partial charge in [0.05, 0.1) is 24.7 Å². The first-order valence-electron chi connectivity index (χ1n) is 6.14. The van der Waals surface area contributed by atoms with Crippen molar-refractivity contribution in [1.82, 2.24) is 0 Å². The fraction of sp³-hybridized carbons (Fsp3) is 0.538. The zero-order valence-corrected chi connectivity index (χ0v) is 11.6. The highest BCUT2D eigenvalue weighted by Gasteiger charge is 2.24. The Bertz CT molecular complexity index is 536. The van der Waals surface area contributed by atoms with Crippen molar-refractivity contribution in [2.75, 3.05) is 19.5 Å². The number of halogens is 1. The van der Waals surface area contributed by atoms with E-state index in [1.807, 2.05) is 0 Å². The molecule has 6 heteroatoms. The molecule has 0 radical (unpaired) electrons. The highest BCUT2D eigenvalue weighted by molar-refractivity contribution is 7.90. The number of hydrogen-bond acceptors (Lipinski definition) is 4. The van der Waals surface area contributed by atoms with E-state index in [0.717, 1.165) is 12.8 Å². The summed E-state index contributed by atoms with van der Waals surface area (Å²) in [7, 11) is -1.93. The number of hydrogen-bond donors (Lipinski definition) is 0. The van der Waals surface area contributed by atoms with Gasteiger partial charge in [0.25, 0.3) is 0 Å². The predicted octanol–water partition coefficient (Wildman–Crippen LogP) is 1.93. The summed E-state index contributed by atoms with van der Waals surface area (Å²) in [5, 5.41) is 0. The summed E-state index contributed by atoms with van der Waals surface area (Å²) in [5.41, 5.74) is 0.136. The minimum absolute atomic E-state index is 0.0519. The number of rotatable bonds is 5. The van der Waals surface area contributed by atoms with Crippen molar-refractivity contribution in [1.29, 1.82) is 0 Å². The molecule has 1 aliphatic rings. The van der Waals surface area contributed by atoms with Crippen LogP contribution in [0, 0.1) is 5.82 Å². The van der Waals surface area contributed by atoms with Crippen molar-refractivity contribution in [3.63, 3.8) is 0 Å². The Morgan fingerprint density at radius 3 is 2.89 bits per heavy atom. The largest absolute Gasteiger partial charge is 0.497 e. The summed E-state index contributed by atoms with van der Waals surface area (Å²) in [6.45, 7) is 0.605. The molecule has 0 bridgehead atoms. The van der Waals surface area contributed by atoms with Crippen molar-refractivity contribution in [2.24, 2.45) is 0 Å². The monoisotopic (exact) mass is 288 g/mol. The molecule has 0 amide bonds. The molecule has 0 aromatic heterocycles.